The largest absolute Gasteiger partial charge is 0.337 e. The standard InChI is InChI=1S/C19H24BrIO/c1-19(2,3)14-5-8-16(9-6-14)22-18-11-4-13-12-15(20)7-10-17(13)21-18/h4,7,10-12,14,16H,5-6,8-9H2,1-3H3. The molecule has 3 heteroatoms. The summed E-state index contributed by atoms with van der Waals surface area (Å²) in [4.78, 5) is 0. The van der Waals surface area contributed by atoms with Crippen LogP contribution in [0.3, 0.4) is 0 Å². The molecule has 1 heterocycles. The highest BCUT2D eigenvalue weighted by atomic mass is 127. The topological polar surface area (TPSA) is 9.23 Å². The fourth-order valence-electron chi connectivity index (χ4n) is 3.28. The zero-order chi connectivity index (χ0) is 15.7. The minimum absolute atomic E-state index is 0.158. The molecule has 0 N–H and O–H groups in total. The van der Waals surface area contributed by atoms with Gasteiger partial charge < -0.3 is 4.74 Å². The molecule has 0 amide bonds. The Hall–Kier alpha value is -0.000000000000000111. The first kappa shape index (κ1) is 16.8. The van der Waals surface area contributed by atoms with Crippen LogP contribution in [0.5, 0.6) is 0 Å². The van der Waals surface area contributed by atoms with E-state index in [9.17, 15) is 0 Å². The van der Waals surface area contributed by atoms with Crippen LogP contribution in [0.2, 0.25) is 0 Å². The summed E-state index contributed by atoms with van der Waals surface area (Å²) in [6.07, 6.45) is 9.92. The monoisotopic (exact) mass is 474 g/mol. The molecule has 120 valence electrons. The number of fused-ring (bicyclic) bond motifs is 1. The molecule has 1 aromatic carbocycles. The molecule has 1 fully saturated rings. The molecular formula is C19H24BrIO. The number of ether oxygens (including phenoxy) is 1. The van der Waals surface area contributed by atoms with Crippen LogP contribution < -0.4 is 0 Å². The van der Waals surface area contributed by atoms with E-state index < -0.39 is 0 Å². The van der Waals surface area contributed by atoms with E-state index in [1.54, 1.807) is 0 Å². The van der Waals surface area contributed by atoms with Crippen molar-refractivity contribution in [3.8, 4) is 0 Å². The SMILES string of the molecule is CC(C)(C)C1CCC(OC2=Ic3ccc(Br)cc3C=C2)CC1. The van der Waals surface area contributed by atoms with Gasteiger partial charge in [-0.2, -0.15) is 0 Å². The van der Waals surface area contributed by atoms with E-state index in [1.807, 2.05) is 0 Å². The molecule has 0 aromatic heterocycles. The summed E-state index contributed by atoms with van der Waals surface area (Å²) in [6.45, 7) is 7.12. The molecule has 0 spiro atoms. The predicted molar refractivity (Wildman–Crippen MR) is 107 cm³/mol. The maximum Gasteiger partial charge on any atom is 0.108 e. The molecule has 22 heavy (non-hydrogen) atoms. The lowest BCUT2D eigenvalue weighted by Crippen LogP contribution is -2.30. The lowest BCUT2D eigenvalue weighted by atomic mass is 9.72. The van der Waals surface area contributed by atoms with Gasteiger partial charge in [0.25, 0.3) is 0 Å². The molecule has 0 saturated heterocycles. The van der Waals surface area contributed by atoms with Gasteiger partial charge >= 0.3 is 0 Å². The van der Waals surface area contributed by atoms with Crippen molar-refractivity contribution in [3.63, 3.8) is 0 Å². The fraction of sp³-hybridized carbons (Fsp3) is 0.526. The van der Waals surface area contributed by atoms with Gasteiger partial charge in [0.2, 0.25) is 0 Å². The molecule has 0 bridgehead atoms. The molecule has 1 saturated carbocycles. The van der Waals surface area contributed by atoms with Crippen molar-refractivity contribution in [2.24, 2.45) is 11.3 Å². The Labute approximate surface area is 152 Å². The fourth-order valence-corrected chi connectivity index (χ4v) is 6.09. The van der Waals surface area contributed by atoms with Crippen LogP contribution in [0.4, 0.5) is 0 Å². The van der Waals surface area contributed by atoms with Gasteiger partial charge in [0.05, 0.1) is 6.10 Å². The van der Waals surface area contributed by atoms with Gasteiger partial charge in [-0.15, -0.1) is 0 Å². The van der Waals surface area contributed by atoms with E-state index in [2.05, 4.69) is 67.1 Å². The molecule has 2 aliphatic rings. The third kappa shape index (κ3) is 4.09. The predicted octanol–water partition coefficient (Wildman–Crippen LogP) is 6.37. The first-order valence-corrected chi connectivity index (χ1v) is 11.0. The Morgan fingerprint density at radius 3 is 2.50 bits per heavy atom. The summed E-state index contributed by atoms with van der Waals surface area (Å²) in [5, 5.41) is 0. The van der Waals surface area contributed by atoms with Gasteiger partial charge in [0.1, 0.15) is 3.69 Å². The summed E-state index contributed by atoms with van der Waals surface area (Å²) in [7, 11) is 0. The maximum atomic E-state index is 6.35. The van der Waals surface area contributed by atoms with E-state index >= 15 is 0 Å². The summed E-state index contributed by atoms with van der Waals surface area (Å²) < 4.78 is 10.2. The highest BCUT2D eigenvalue weighted by molar-refractivity contribution is 14.2. The zero-order valence-corrected chi connectivity index (χ0v) is 17.3. The Bertz CT molecular complexity index is 604. The normalized spacial score (nSPS) is 25.2. The molecular weight excluding hydrogens is 451 g/mol. The van der Waals surface area contributed by atoms with Crippen LogP contribution in [0.15, 0.2) is 28.7 Å². The average Bonchev–Trinajstić information content (AvgIpc) is 2.47. The average molecular weight is 475 g/mol. The Balaban J connectivity index is 1.62. The third-order valence-corrected chi connectivity index (χ3v) is 7.93. The van der Waals surface area contributed by atoms with E-state index in [0.717, 1.165) is 10.4 Å². The number of halogens is 2. The third-order valence-electron chi connectivity index (χ3n) is 4.73. The second-order valence-electron chi connectivity index (χ2n) is 7.36. The molecule has 0 atom stereocenters. The van der Waals surface area contributed by atoms with Crippen molar-refractivity contribution in [2.75, 3.05) is 0 Å². The van der Waals surface area contributed by atoms with Crippen LogP contribution in [0.1, 0.15) is 52.0 Å². The van der Waals surface area contributed by atoms with E-state index in [4.69, 9.17) is 4.74 Å². The van der Waals surface area contributed by atoms with Gasteiger partial charge in [-0.25, -0.2) is 0 Å². The smallest absolute Gasteiger partial charge is 0.108 e. The van der Waals surface area contributed by atoms with Crippen molar-refractivity contribution >= 4 is 46.4 Å². The molecule has 1 aliphatic carbocycles. The molecule has 3 rings (SSSR count). The minimum atomic E-state index is -0.158. The summed E-state index contributed by atoms with van der Waals surface area (Å²) >= 11 is 3.39. The van der Waals surface area contributed by atoms with Gasteiger partial charge in [0, 0.05) is 8.04 Å². The molecule has 1 aliphatic heterocycles. The lowest BCUT2D eigenvalue weighted by Gasteiger charge is -2.36. The van der Waals surface area contributed by atoms with E-state index in [1.165, 1.54) is 38.5 Å². The number of rotatable bonds is 2. The van der Waals surface area contributed by atoms with Crippen LogP contribution in [-0.2, 0) is 4.74 Å². The van der Waals surface area contributed by atoms with Crippen LogP contribution in [0.25, 0.3) is 6.08 Å². The maximum absolute atomic E-state index is 6.35. The molecule has 0 radical (unpaired) electrons. The van der Waals surface area contributed by atoms with Crippen LogP contribution in [-0.4, -0.2) is 9.80 Å². The van der Waals surface area contributed by atoms with Crippen molar-refractivity contribution in [1.82, 2.24) is 0 Å². The van der Waals surface area contributed by atoms with Gasteiger partial charge in [0.15, 0.2) is 0 Å². The minimum Gasteiger partial charge on any atom is -0.337 e. The molecule has 1 aromatic rings. The molecule has 1 nitrogen and oxygen atoms in total. The Kier molecular flexibility index (Phi) is 5.25. The highest BCUT2D eigenvalue weighted by Crippen LogP contribution is 2.39. The first-order valence-electron chi connectivity index (χ1n) is 8.08. The van der Waals surface area contributed by atoms with Crippen molar-refractivity contribution in [2.45, 2.75) is 52.6 Å². The number of benzene rings is 1. The summed E-state index contributed by atoms with van der Waals surface area (Å²) in [6, 6.07) is 6.59. The van der Waals surface area contributed by atoms with Crippen molar-refractivity contribution in [1.29, 1.82) is 0 Å². The summed E-state index contributed by atoms with van der Waals surface area (Å²) in [5.41, 5.74) is 1.80. The van der Waals surface area contributed by atoms with E-state index in [-0.39, 0.29) is 20.7 Å². The second kappa shape index (κ2) is 6.86. The van der Waals surface area contributed by atoms with Crippen LogP contribution in [0, 0.1) is 14.9 Å². The first-order chi connectivity index (χ1) is 10.4. The van der Waals surface area contributed by atoms with E-state index in [0.29, 0.717) is 11.5 Å². The second-order valence-corrected chi connectivity index (χ2v) is 11.0. The number of hydrogen-bond donors (Lipinski definition) is 0. The Morgan fingerprint density at radius 1 is 1.09 bits per heavy atom. The Morgan fingerprint density at radius 2 is 1.82 bits per heavy atom. The van der Waals surface area contributed by atoms with Crippen LogP contribution >= 0.6 is 36.7 Å². The quantitative estimate of drug-likeness (QED) is 0.452. The van der Waals surface area contributed by atoms with Gasteiger partial charge in [-0.3, -0.25) is 0 Å². The van der Waals surface area contributed by atoms with Gasteiger partial charge in [-0.1, -0.05) is 63.5 Å². The molecule has 0 unspecified atom stereocenters. The zero-order valence-electron chi connectivity index (χ0n) is 13.5. The van der Waals surface area contributed by atoms with Gasteiger partial charge in [-0.05, 0) is 66.9 Å². The van der Waals surface area contributed by atoms with Crippen molar-refractivity contribution in [3.05, 3.63) is 37.9 Å². The summed E-state index contributed by atoms with van der Waals surface area (Å²) in [5.74, 6) is 0.854. The number of hydrogen-bond acceptors (Lipinski definition) is 1. The lowest BCUT2D eigenvalue weighted by molar-refractivity contribution is 0.0845. The van der Waals surface area contributed by atoms with Crippen molar-refractivity contribution < 1.29 is 4.74 Å². The highest BCUT2D eigenvalue weighted by Gasteiger charge is 2.30.